The standard InChI is InChI=1S/C23H31N3O5S/c1-16-9-7-10-17(2)22(16)26(32(6,29)30)15-21(27)25(18(3)23(28)24-4)14-19-11-8-12-20(13-19)31-5/h7-13,18H,14-15H2,1-6H3,(H,24,28)/t18-/m0/s1. The van der Waals surface area contributed by atoms with Gasteiger partial charge >= 0.3 is 0 Å². The first-order chi connectivity index (χ1) is 15.0. The quantitative estimate of drug-likeness (QED) is 0.618. The van der Waals surface area contributed by atoms with E-state index in [0.717, 1.165) is 27.3 Å². The molecule has 0 heterocycles. The van der Waals surface area contributed by atoms with Gasteiger partial charge in [0.2, 0.25) is 21.8 Å². The summed E-state index contributed by atoms with van der Waals surface area (Å²) in [6.45, 7) is 4.91. The monoisotopic (exact) mass is 461 g/mol. The number of nitrogens with one attached hydrogen (secondary N) is 1. The molecule has 32 heavy (non-hydrogen) atoms. The van der Waals surface area contributed by atoms with Crippen molar-refractivity contribution in [2.75, 3.05) is 31.3 Å². The van der Waals surface area contributed by atoms with Crippen molar-refractivity contribution in [3.05, 3.63) is 59.2 Å². The maximum absolute atomic E-state index is 13.4. The Hall–Kier alpha value is -3.07. The van der Waals surface area contributed by atoms with Crippen molar-refractivity contribution in [2.24, 2.45) is 0 Å². The van der Waals surface area contributed by atoms with E-state index in [4.69, 9.17) is 4.74 Å². The highest BCUT2D eigenvalue weighted by Gasteiger charge is 2.30. The van der Waals surface area contributed by atoms with Gasteiger partial charge in [-0.05, 0) is 49.6 Å². The van der Waals surface area contributed by atoms with Crippen LogP contribution in [0.2, 0.25) is 0 Å². The van der Waals surface area contributed by atoms with Gasteiger partial charge in [-0.1, -0.05) is 30.3 Å². The molecule has 0 saturated carbocycles. The molecule has 0 aliphatic heterocycles. The number of aryl methyl sites for hydroxylation is 2. The number of hydrogen-bond acceptors (Lipinski definition) is 5. The molecular formula is C23H31N3O5S. The van der Waals surface area contributed by atoms with E-state index in [-0.39, 0.29) is 12.5 Å². The number of para-hydroxylation sites is 1. The minimum Gasteiger partial charge on any atom is -0.497 e. The molecule has 8 nitrogen and oxygen atoms in total. The zero-order valence-corrected chi connectivity index (χ0v) is 20.2. The third-order valence-corrected chi connectivity index (χ3v) is 6.38. The lowest BCUT2D eigenvalue weighted by molar-refractivity contribution is -0.139. The van der Waals surface area contributed by atoms with Crippen molar-refractivity contribution >= 4 is 27.5 Å². The summed E-state index contributed by atoms with van der Waals surface area (Å²) in [6, 6.07) is 11.8. The van der Waals surface area contributed by atoms with Crippen molar-refractivity contribution in [3.8, 4) is 5.75 Å². The fourth-order valence-electron chi connectivity index (χ4n) is 3.53. The summed E-state index contributed by atoms with van der Waals surface area (Å²) < 4.78 is 31.7. The van der Waals surface area contributed by atoms with E-state index in [9.17, 15) is 18.0 Å². The lowest BCUT2D eigenvalue weighted by Gasteiger charge is -2.32. The number of anilines is 1. The number of carbonyl (C=O) groups is 2. The van der Waals surface area contributed by atoms with Crippen LogP contribution in [0.25, 0.3) is 0 Å². The molecule has 0 saturated heterocycles. The van der Waals surface area contributed by atoms with Crippen molar-refractivity contribution in [2.45, 2.75) is 33.4 Å². The molecule has 9 heteroatoms. The molecule has 0 fully saturated rings. The van der Waals surface area contributed by atoms with Crippen LogP contribution in [0.1, 0.15) is 23.6 Å². The highest BCUT2D eigenvalue weighted by molar-refractivity contribution is 7.92. The van der Waals surface area contributed by atoms with Crippen LogP contribution in [-0.2, 0) is 26.2 Å². The maximum atomic E-state index is 13.4. The Morgan fingerprint density at radius 2 is 1.69 bits per heavy atom. The molecular weight excluding hydrogens is 430 g/mol. The molecule has 0 radical (unpaired) electrons. The topological polar surface area (TPSA) is 96.0 Å². The number of sulfonamides is 1. The number of nitrogens with zero attached hydrogens (tertiary/aromatic N) is 2. The second kappa shape index (κ2) is 10.5. The van der Waals surface area contributed by atoms with Crippen LogP contribution in [0.4, 0.5) is 5.69 Å². The van der Waals surface area contributed by atoms with E-state index in [1.807, 2.05) is 12.1 Å². The SMILES string of the molecule is CNC(=O)[C@H](C)N(Cc1cccc(OC)c1)C(=O)CN(c1c(C)cccc1C)S(C)(=O)=O. The summed E-state index contributed by atoms with van der Waals surface area (Å²) in [7, 11) is -0.723. The van der Waals surface area contributed by atoms with E-state index in [1.165, 1.54) is 11.9 Å². The average Bonchev–Trinajstić information content (AvgIpc) is 2.74. The summed E-state index contributed by atoms with van der Waals surface area (Å²) in [6.07, 6.45) is 1.07. The van der Waals surface area contributed by atoms with E-state index >= 15 is 0 Å². The van der Waals surface area contributed by atoms with Crippen molar-refractivity contribution in [1.29, 1.82) is 0 Å². The van der Waals surface area contributed by atoms with Crippen LogP contribution in [0.5, 0.6) is 5.75 Å². The molecule has 0 spiro atoms. The van der Waals surface area contributed by atoms with Gasteiger partial charge < -0.3 is 15.0 Å². The number of benzene rings is 2. The summed E-state index contributed by atoms with van der Waals surface area (Å²) >= 11 is 0. The summed E-state index contributed by atoms with van der Waals surface area (Å²) in [4.78, 5) is 27.2. The lowest BCUT2D eigenvalue weighted by atomic mass is 10.1. The Labute approximate surface area is 190 Å². The van der Waals surface area contributed by atoms with Gasteiger partial charge in [0, 0.05) is 13.6 Å². The number of ether oxygens (including phenoxy) is 1. The Kier molecular flexibility index (Phi) is 8.26. The van der Waals surface area contributed by atoms with Crippen LogP contribution >= 0.6 is 0 Å². The number of likely N-dealkylation sites (N-methyl/N-ethyl adjacent to an activating group) is 1. The third kappa shape index (κ3) is 6.00. The van der Waals surface area contributed by atoms with Crippen LogP contribution in [0, 0.1) is 13.8 Å². The molecule has 174 valence electrons. The first-order valence-electron chi connectivity index (χ1n) is 10.2. The number of rotatable bonds is 9. The molecule has 0 bridgehead atoms. The second-order valence-corrected chi connectivity index (χ2v) is 9.58. The normalized spacial score (nSPS) is 12.1. The highest BCUT2D eigenvalue weighted by atomic mass is 32.2. The van der Waals surface area contributed by atoms with Gasteiger partial charge in [0.25, 0.3) is 0 Å². The van der Waals surface area contributed by atoms with E-state index < -0.39 is 28.5 Å². The zero-order chi connectivity index (χ0) is 24.1. The summed E-state index contributed by atoms with van der Waals surface area (Å²) in [5.41, 5.74) is 2.70. The van der Waals surface area contributed by atoms with Crippen molar-refractivity contribution in [3.63, 3.8) is 0 Å². The molecule has 0 aliphatic rings. The molecule has 1 atom stereocenters. The second-order valence-electron chi connectivity index (χ2n) is 7.67. The Balaban J connectivity index is 2.45. The fraction of sp³-hybridized carbons (Fsp3) is 0.391. The van der Waals surface area contributed by atoms with Gasteiger partial charge in [-0.3, -0.25) is 13.9 Å². The minimum atomic E-state index is -3.76. The summed E-state index contributed by atoms with van der Waals surface area (Å²) in [5.74, 6) is -0.216. The van der Waals surface area contributed by atoms with Gasteiger partial charge in [0.1, 0.15) is 18.3 Å². The Morgan fingerprint density at radius 3 is 2.22 bits per heavy atom. The summed E-state index contributed by atoms with van der Waals surface area (Å²) in [5, 5.41) is 2.55. The molecule has 2 aromatic rings. The van der Waals surface area contributed by atoms with Crippen molar-refractivity contribution in [1.82, 2.24) is 10.2 Å². The Bertz CT molecular complexity index is 1060. The number of methoxy groups -OCH3 is 1. The molecule has 1 N–H and O–H groups in total. The van der Waals surface area contributed by atoms with Crippen LogP contribution in [-0.4, -0.2) is 58.1 Å². The zero-order valence-electron chi connectivity index (χ0n) is 19.4. The smallest absolute Gasteiger partial charge is 0.244 e. The molecule has 2 amide bonds. The average molecular weight is 462 g/mol. The molecule has 0 unspecified atom stereocenters. The number of amides is 2. The van der Waals surface area contributed by atoms with E-state index in [1.54, 1.807) is 58.2 Å². The highest BCUT2D eigenvalue weighted by Crippen LogP contribution is 2.27. The van der Waals surface area contributed by atoms with Crippen LogP contribution in [0.15, 0.2) is 42.5 Å². The van der Waals surface area contributed by atoms with Crippen molar-refractivity contribution < 1.29 is 22.7 Å². The largest absolute Gasteiger partial charge is 0.497 e. The van der Waals surface area contributed by atoms with E-state index in [2.05, 4.69) is 5.32 Å². The molecule has 0 aliphatic carbocycles. The Morgan fingerprint density at radius 1 is 1.09 bits per heavy atom. The predicted octanol–water partition coefficient (Wildman–Crippen LogP) is 2.24. The lowest BCUT2D eigenvalue weighted by Crippen LogP contribution is -2.50. The molecule has 0 aromatic heterocycles. The van der Waals surface area contributed by atoms with Crippen LogP contribution < -0.4 is 14.4 Å². The van der Waals surface area contributed by atoms with Gasteiger partial charge in [0.15, 0.2) is 0 Å². The maximum Gasteiger partial charge on any atom is 0.244 e. The third-order valence-electron chi connectivity index (χ3n) is 5.27. The minimum absolute atomic E-state index is 0.120. The van der Waals surface area contributed by atoms with Gasteiger partial charge in [-0.15, -0.1) is 0 Å². The van der Waals surface area contributed by atoms with Crippen LogP contribution in [0.3, 0.4) is 0 Å². The van der Waals surface area contributed by atoms with Gasteiger partial charge in [0.05, 0.1) is 19.1 Å². The first kappa shape index (κ1) is 25.2. The molecule has 2 aromatic carbocycles. The number of hydrogen-bond donors (Lipinski definition) is 1. The van der Waals surface area contributed by atoms with Gasteiger partial charge in [-0.25, -0.2) is 8.42 Å². The number of carbonyl (C=O) groups excluding carboxylic acids is 2. The predicted molar refractivity (Wildman–Crippen MR) is 125 cm³/mol. The molecule has 2 rings (SSSR count). The fourth-order valence-corrected chi connectivity index (χ4v) is 4.50. The van der Waals surface area contributed by atoms with Gasteiger partial charge in [-0.2, -0.15) is 0 Å². The first-order valence-corrected chi connectivity index (χ1v) is 12.0. The van der Waals surface area contributed by atoms with E-state index in [0.29, 0.717) is 11.4 Å².